The first-order valence-electron chi connectivity index (χ1n) is 8.81. The second-order valence-corrected chi connectivity index (χ2v) is 6.97. The van der Waals surface area contributed by atoms with Gasteiger partial charge in [-0.2, -0.15) is 4.98 Å². The van der Waals surface area contributed by atoms with Gasteiger partial charge < -0.3 is 9.42 Å². The molecule has 0 radical (unpaired) electrons. The predicted molar refractivity (Wildman–Crippen MR) is 99.0 cm³/mol. The first kappa shape index (κ1) is 17.6. The smallest absolute Gasteiger partial charge is 0.278 e. The number of piperidine rings is 1. The minimum Gasteiger partial charge on any atom is -0.342 e. The fourth-order valence-corrected chi connectivity index (χ4v) is 3.34. The number of amides is 1. The number of halogens is 1. The van der Waals surface area contributed by atoms with Crippen molar-refractivity contribution in [1.82, 2.24) is 25.0 Å². The Hall–Kier alpha value is -2.80. The van der Waals surface area contributed by atoms with Crippen molar-refractivity contribution >= 4 is 17.5 Å². The van der Waals surface area contributed by atoms with Gasteiger partial charge in [-0.3, -0.25) is 9.78 Å². The highest BCUT2D eigenvalue weighted by atomic mass is 35.5. The second-order valence-electron chi connectivity index (χ2n) is 6.53. The Kier molecular flexibility index (Phi) is 5.11. The number of likely N-dealkylation sites (tertiary alicyclic amines) is 1. The summed E-state index contributed by atoms with van der Waals surface area (Å²) in [6.45, 7) is 1.34. The normalized spacial score (nSPS) is 17.1. The number of hydrogen-bond donors (Lipinski definition) is 0. The van der Waals surface area contributed by atoms with Crippen molar-refractivity contribution in [3.63, 3.8) is 0 Å². The van der Waals surface area contributed by atoms with Gasteiger partial charge in [-0.1, -0.05) is 28.9 Å². The Morgan fingerprint density at radius 1 is 1.26 bits per heavy atom. The van der Waals surface area contributed by atoms with Gasteiger partial charge in [0, 0.05) is 36.4 Å². The predicted octanol–water partition coefficient (Wildman–Crippen LogP) is 3.13. The average Bonchev–Trinajstić information content (AvgIpc) is 3.21. The van der Waals surface area contributed by atoms with Crippen LogP contribution in [0.1, 0.15) is 30.1 Å². The van der Waals surface area contributed by atoms with E-state index in [-0.39, 0.29) is 11.8 Å². The SMILES string of the molecule is O=C(Cc1ccc(Cl)cc1)N1CCC[C@H](c2noc(-c3cnccn3)n2)C1. The summed E-state index contributed by atoms with van der Waals surface area (Å²) < 4.78 is 5.33. The summed E-state index contributed by atoms with van der Waals surface area (Å²) in [6.07, 6.45) is 6.94. The summed E-state index contributed by atoms with van der Waals surface area (Å²) in [5.74, 6) is 1.11. The van der Waals surface area contributed by atoms with E-state index in [9.17, 15) is 4.79 Å². The molecule has 3 aromatic rings. The van der Waals surface area contributed by atoms with Crippen LogP contribution in [0.2, 0.25) is 5.02 Å². The molecule has 0 N–H and O–H groups in total. The number of carbonyl (C=O) groups is 1. The molecule has 1 amide bonds. The van der Waals surface area contributed by atoms with E-state index in [0.717, 1.165) is 24.9 Å². The van der Waals surface area contributed by atoms with Gasteiger partial charge in [-0.25, -0.2) is 4.98 Å². The molecular weight excluding hydrogens is 366 g/mol. The largest absolute Gasteiger partial charge is 0.342 e. The molecule has 8 heteroatoms. The van der Waals surface area contributed by atoms with Crippen LogP contribution in [0.4, 0.5) is 0 Å². The molecule has 4 rings (SSSR count). The molecule has 0 aliphatic carbocycles. The van der Waals surface area contributed by atoms with Gasteiger partial charge in [-0.15, -0.1) is 0 Å². The van der Waals surface area contributed by atoms with Crippen molar-refractivity contribution < 1.29 is 9.32 Å². The third kappa shape index (κ3) is 4.14. The molecule has 27 heavy (non-hydrogen) atoms. The Labute approximate surface area is 161 Å². The first-order chi connectivity index (χ1) is 13.2. The number of carbonyl (C=O) groups excluding carboxylic acids is 1. The summed E-state index contributed by atoms with van der Waals surface area (Å²) in [6, 6.07) is 7.37. The Morgan fingerprint density at radius 2 is 2.11 bits per heavy atom. The van der Waals surface area contributed by atoms with Crippen LogP contribution >= 0.6 is 11.6 Å². The van der Waals surface area contributed by atoms with Crippen molar-refractivity contribution in [3.8, 4) is 11.6 Å². The van der Waals surface area contributed by atoms with Crippen molar-refractivity contribution in [3.05, 3.63) is 59.3 Å². The lowest BCUT2D eigenvalue weighted by molar-refractivity contribution is -0.131. The summed E-state index contributed by atoms with van der Waals surface area (Å²) in [5, 5.41) is 4.76. The third-order valence-corrected chi connectivity index (χ3v) is 4.88. The monoisotopic (exact) mass is 383 g/mol. The molecule has 0 saturated carbocycles. The van der Waals surface area contributed by atoms with E-state index < -0.39 is 0 Å². The van der Waals surface area contributed by atoms with Crippen LogP contribution in [-0.4, -0.2) is 44.0 Å². The van der Waals surface area contributed by atoms with Crippen LogP contribution in [0.3, 0.4) is 0 Å². The van der Waals surface area contributed by atoms with E-state index in [4.69, 9.17) is 16.1 Å². The zero-order chi connectivity index (χ0) is 18.6. The molecule has 1 aromatic carbocycles. The van der Waals surface area contributed by atoms with E-state index in [1.807, 2.05) is 17.0 Å². The van der Waals surface area contributed by atoms with Crippen molar-refractivity contribution in [1.29, 1.82) is 0 Å². The summed E-state index contributed by atoms with van der Waals surface area (Å²) >= 11 is 5.90. The quantitative estimate of drug-likeness (QED) is 0.688. The lowest BCUT2D eigenvalue weighted by Crippen LogP contribution is -2.40. The number of rotatable bonds is 4. The lowest BCUT2D eigenvalue weighted by Gasteiger charge is -2.31. The molecule has 0 spiro atoms. The average molecular weight is 384 g/mol. The molecule has 0 unspecified atom stereocenters. The third-order valence-electron chi connectivity index (χ3n) is 4.63. The fourth-order valence-electron chi connectivity index (χ4n) is 3.22. The summed E-state index contributed by atoms with van der Waals surface area (Å²) in [7, 11) is 0. The minimum atomic E-state index is 0.0575. The molecule has 1 aliphatic heterocycles. The molecule has 1 saturated heterocycles. The molecule has 1 atom stereocenters. The van der Waals surface area contributed by atoms with E-state index in [1.54, 1.807) is 30.7 Å². The molecule has 1 aliphatic rings. The van der Waals surface area contributed by atoms with Gasteiger partial charge in [0.25, 0.3) is 5.89 Å². The molecule has 138 valence electrons. The van der Waals surface area contributed by atoms with E-state index in [2.05, 4.69) is 20.1 Å². The minimum absolute atomic E-state index is 0.0575. The maximum atomic E-state index is 12.7. The van der Waals surface area contributed by atoms with Gasteiger partial charge in [0.15, 0.2) is 5.82 Å². The van der Waals surface area contributed by atoms with Crippen LogP contribution in [0, 0.1) is 0 Å². The Balaban J connectivity index is 1.43. The van der Waals surface area contributed by atoms with Crippen molar-refractivity contribution in [2.75, 3.05) is 13.1 Å². The van der Waals surface area contributed by atoms with Gasteiger partial charge in [0.05, 0.1) is 12.6 Å². The molecule has 3 heterocycles. The topological polar surface area (TPSA) is 85.0 Å². The molecule has 1 fully saturated rings. The van der Waals surface area contributed by atoms with Crippen LogP contribution in [0.5, 0.6) is 0 Å². The molecular formula is C19H18ClN5O2. The number of benzene rings is 1. The fraction of sp³-hybridized carbons (Fsp3) is 0.316. The first-order valence-corrected chi connectivity index (χ1v) is 9.19. The zero-order valence-electron chi connectivity index (χ0n) is 14.6. The standard InChI is InChI=1S/C19H18ClN5O2/c20-15-5-3-13(4-6-15)10-17(26)25-9-1-2-14(12-25)18-23-19(27-24-18)16-11-21-7-8-22-16/h3-8,11,14H,1-2,9-10,12H2/t14-/m0/s1. The Morgan fingerprint density at radius 3 is 2.89 bits per heavy atom. The zero-order valence-corrected chi connectivity index (χ0v) is 15.3. The lowest BCUT2D eigenvalue weighted by atomic mass is 9.96. The van der Waals surface area contributed by atoms with Gasteiger partial charge in [0.2, 0.25) is 5.91 Å². The summed E-state index contributed by atoms with van der Waals surface area (Å²) in [4.78, 5) is 27.2. The number of hydrogen-bond acceptors (Lipinski definition) is 6. The van der Waals surface area contributed by atoms with Crippen LogP contribution < -0.4 is 0 Å². The van der Waals surface area contributed by atoms with Crippen LogP contribution in [0.15, 0.2) is 47.4 Å². The molecule has 7 nitrogen and oxygen atoms in total. The summed E-state index contributed by atoms with van der Waals surface area (Å²) in [5.41, 5.74) is 1.50. The maximum absolute atomic E-state index is 12.7. The van der Waals surface area contributed by atoms with Crippen LogP contribution in [-0.2, 0) is 11.2 Å². The van der Waals surface area contributed by atoms with E-state index >= 15 is 0 Å². The number of aromatic nitrogens is 4. The second kappa shape index (κ2) is 7.84. The molecule has 0 bridgehead atoms. The van der Waals surface area contributed by atoms with E-state index in [0.29, 0.717) is 35.4 Å². The maximum Gasteiger partial charge on any atom is 0.278 e. The van der Waals surface area contributed by atoms with E-state index in [1.165, 1.54) is 0 Å². The van der Waals surface area contributed by atoms with Gasteiger partial charge in [0.1, 0.15) is 5.69 Å². The highest BCUT2D eigenvalue weighted by Gasteiger charge is 2.28. The molecule has 2 aromatic heterocycles. The van der Waals surface area contributed by atoms with Crippen molar-refractivity contribution in [2.24, 2.45) is 0 Å². The van der Waals surface area contributed by atoms with Crippen molar-refractivity contribution in [2.45, 2.75) is 25.2 Å². The van der Waals surface area contributed by atoms with Gasteiger partial charge >= 0.3 is 0 Å². The van der Waals surface area contributed by atoms with Gasteiger partial charge in [-0.05, 0) is 30.5 Å². The van der Waals surface area contributed by atoms with Crippen LogP contribution in [0.25, 0.3) is 11.6 Å². The highest BCUT2D eigenvalue weighted by molar-refractivity contribution is 6.30. The highest BCUT2D eigenvalue weighted by Crippen LogP contribution is 2.27. The Bertz CT molecular complexity index is 913. The number of nitrogens with zero attached hydrogens (tertiary/aromatic N) is 5.